The van der Waals surface area contributed by atoms with E-state index in [1.165, 1.54) is 11.8 Å². The summed E-state index contributed by atoms with van der Waals surface area (Å²) in [6.45, 7) is 2.06. The van der Waals surface area contributed by atoms with Crippen molar-refractivity contribution >= 4 is 11.8 Å². The van der Waals surface area contributed by atoms with Crippen LogP contribution < -0.4 is 5.32 Å². The van der Waals surface area contributed by atoms with E-state index in [9.17, 15) is 18.3 Å². The molecule has 3 unspecified atom stereocenters. The standard InChI is InChI=1S/C12H22F3NOS/c1-11(17,8-18-2)7-16-10-5-3-4-9(6-10)12(13,14)15/h9-10,16-17H,3-8H2,1-2H3. The molecule has 2 nitrogen and oxygen atoms in total. The van der Waals surface area contributed by atoms with Crippen LogP contribution in [0.15, 0.2) is 0 Å². The van der Waals surface area contributed by atoms with Crippen LogP contribution in [0.2, 0.25) is 0 Å². The van der Waals surface area contributed by atoms with Gasteiger partial charge >= 0.3 is 6.18 Å². The van der Waals surface area contributed by atoms with Gasteiger partial charge in [0.15, 0.2) is 0 Å². The lowest BCUT2D eigenvalue weighted by Gasteiger charge is -2.33. The summed E-state index contributed by atoms with van der Waals surface area (Å²) < 4.78 is 37.9. The van der Waals surface area contributed by atoms with E-state index in [0.717, 1.165) is 6.42 Å². The molecule has 2 N–H and O–H groups in total. The number of hydrogen-bond donors (Lipinski definition) is 2. The lowest BCUT2D eigenvalue weighted by atomic mass is 9.85. The minimum Gasteiger partial charge on any atom is -0.388 e. The molecule has 1 saturated carbocycles. The quantitative estimate of drug-likeness (QED) is 0.814. The number of thioether (sulfide) groups is 1. The number of alkyl halides is 3. The third kappa shape index (κ3) is 5.36. The topological polar surface area (TPSA) is 32.3 Å². The fourth-order valence-corrected chi connectivity index (χ4v) is 3.12. The summed E-state index contributed by atoms with van der Waals surface area (Å²) in [6, 6.07) is -0.126. The Morgan fingerprint density at radius 3 is 2.56 bits per heavy atom. The number of rotatable bonds is 5. The van der Waals surface area contributed by atoms with Crippen LogP contribution in [0.5, 0.6) is 0 Å². The largest absolute Gasteiger partial charge is 0.391 e. The molecular weight excluding hydrogens is 263 g/mol. The summed E-state index contributed by atoms with van der Waals surface area (Å²) in [4.78, 5) is 0. The molecule has 1 fully saturated rings. The van der Waals surface area contributed by atoms with Gasteiger partial charge in [-0.2, -0.15) is 24.9 Å². The molecule has 18 heavy (non-hydrogen) atoms. The van der Waals surface area contributed by atoms with Crippen molar-refractivity contribution in [3.05, 3.63) is 0 Å². The van der Waals surface area contributed by atoms with Gasteiger partial charge in [0, 0.05) is 18.3 Å². The first-order valence-corrected chi connectivity index (χ1v) is 7.65. The molecule has 6 heteroatoms. The van der Waals surface area contributed by atoms with E-state index in [1.807, 2.05) is 6.26 Å². The highest BCUT2D eigenvalue weighted by atomic mass is 32.2. The van der Waals surface area contributed by atoms with Crippen molar-refractivity contribution in [2.24, 2.45) is 5.92 Å². The maximum Gasteiger partial charge on any atom is 0.391 e. The first kappa shape index (κ1) is 16.1. The molecule has 0 bridgehead atoms. The molecule has 0 aromatic heterocycles. The maximum absolute atomic E-state index is 12.6. The molecule has 0 heterocycles. The molecule has 0 radical (unpaired) electrons. The van der Waals surface area contributed by atoms with Gasteiger partial charge in [-0.3, -0.25) is 0 Å². The fraction of sp³-hybridized carbons (Fsp3) is 1.00. The highest BCUT2D eigenvalue weighted by Crippen LogP contribution is 2.37. The zero-order valence-electron chi connectivity index (χ0n) is 10.9. The summed E-state index contributed by atoms with van der Waals surface area (Å²) in [7, 11) is 0. The number of nitrogens with one attached hydrogen (secondary N) is 1. The van der Waals surface area contributed by atoms with Crippen molar-refractivity contribution in [1.29, 1.82) is 0 Å². The summed E-state index contributed by atoms with van der Waals surface area (Å²) in [5.41, 5.74) is -0.857. The van der Waals surface area contributed by atoms with Gasteiger partial charge in [0.2, 0.25) is 0 Å². The summed E-state index contributed by atoms with van der Waals surface area (Å²) in [5, 5.41) is 13.1. The van der Waals surface area contributed by atoms with E-state index in [4.69, 9.17) is 0 Å². The van der Waals surface area contributed by atoms with Crippen LogP contribution >= 0.6 is 11.8 Å². The summed E-state index contributed by atoms with van der Waals surface area (Å²) in [6.07, 6.45) is -0.437. The van der Waals surface area contributed by atoms with Crippen molar-refractivity contribution in [2.45, 2.75) is 50.4 Å². The van der Waals surface area contributed by atoms with Gasteiger partial charge in [-0.1, -0.05) is 6.42 Å². The predicted molar refractivity (Wildman–Crippen MR) is 68.8 cm³/mol. The second-order valence-corrected chi connectivity index (χ2v) is 6.28. The Morgan fingerprint density at radius 2 is 2.00 bits per heavy atom. The molecule has 1 rings (SSSR count). The molecule has 1 aliphatic rings. The summed E-state index contributed by atoms with van der Waals surface area (Å²) in [5.74, 6) is -0.607. The van der Waals surface area contributed by atoms with Gasteiger partial charge in [-0.05, 0) is 32.4 Å². The normalized spacial score (nSPS) is 29.0. The van der Waals surface area contributed by atoms with E-state index >= 15 is 0 Å². The van der Waals surface area contributed by atoms with Crippen molar-refractivity contribution in [2.75, 3.05) is 18.6 Å². The first-order valence-electron chi connectivity index (χ1n) is 6.26. The molecule has 3 atom stereocenters. The van der Waals surface area contributed by atoms with Gasteiger partial charge in [0.1, 0.15) is 0 Å². The number of halogens is 3. The Morgan fingerprint density at radius 1 is 1.33 bits per heavy atom. The van der Waals surface area contributed by atoms with Crippen molar-refractivity contribution < 1.29 is 18.3 Å². The summed E-state index contributed by atoms with van der Waals surface area (Å²) >= 11 is 1.53. The second kappa shape index (κ2) is 6.48. The lowest BCUT2D eigenvalue weighted by Crippen LogP contribution is -2.46. The zero-order chi connectivity index (χ0) is 13.8. The van der Waals surface area contributed by atoms with Crippen LogP contribution in [0.4, 0.5) is 13.2 Å². The molecular formula is C12H22F3NOS. The van der Waals surface area contributed by atoms with Crippen LogP contribution in [0, 0.1) is 5.92 Å². The van der Waals surface area contributed by atoms with Gasteiger partial charge in [-0.25, -0.2) is 0 Å². The second-order valence-electron chi connectivity index (χ2n) is 5.41. The molecule has 0 aromatic rings. The molecule has 0 saturated heterocycles. The average molecular weight is 285 g/mol. The Bertz CT molecular complexity index is 258. The Kier molecular flexibility index (Phi) is 5.80. The Labute approximate surface area is 111 Å². The van der Waals surface area contributed by atoms with Gasteiger partial charge in [-0.15, -0.1) is 0 Å². The zero-order valence-corrected chi connectivity index (χ0v) is 11.7. The van der Waals surface area contributed by atoms with Crippen LogP contribution in [0.3, 0.4) is 0 Å². The molecule has 108 valence electrons. The molecule has 0 amide bonds. The van der Waals surface area contributed by atoms with E-state index in [1.54, 1.807) is 6.92 Å². The van der Waals surface area contributed by atoms with E-state index in [-0.39, 0.29) is 18.9 Å². The van der Waals surface area contributed by atoms with Crippen LogP contribution in [0.25, 0.3) is 0 Å². The van der Waals surface area contributed by atoms with Gasteiger partial charge in [0.25, 0.3) is 0 Å². The number of aliphatic hydroxyl groups is 1. The third-order valence-corrected chi connectivity index (χ3v) is 4.27. The molecule has 1 aliphatic carbocycles. The fourth-order valence-electron chi connectivity index (χ4n) is 2.40. The SMILES string of the molecule is CSCC(C)(O)CNC1CCCC(C(F)(F)F)C1. The minimum absolute atomic E-state index is 0.126. The number of hydrogen-bond acceptors (Lipinski definition) is 3. The van der Waals surface area contributed by atoms with E-state index in [2.05, 4.69) is 5.32 Å². The third-order valence-electron chi connectivity index (χ3n) is 3.36. The van der Waals surface area contributed by atoms with Crippen LogP contribution in [0.1, 0.15) is 32.6 Å². The smallest absolute Gasteiger partial charge is 0.388 e. The van der Waals surface area contributed by atoms with E-state index < -0.39 is 17.7 Å². The van der Waals surface area contributed by atoms with Crippen LogP contribution in [-0.4, -0.2) is 41.5 Å². The molecule has 0 spiro atoms. The predicted octanol–water partition coefficient (Wildman–Crippen LogP) is 2.81. The average Bonchev–Trinajstić information content (AvgIpc) is 2.26. The Hall–Kier alpha value is 0.0600. The highest BCUT2D eigenvalue weighted by molar-refractivity contribution is 7.98. The van der Waals surface area contributed by atoms with E-state index in [0.29, 0.717) is 18.7 Å². The first-order chi connectivity index (χ1) is 8.24. The van der Waals surface area contributed by atoms with Crippen molar-refractivity contribution in [3.63, 3.8) is 0 Å². The minimum atomic E-state index is -4.08. The van der Waals surface area contributed by atoms with Gasteiger partial charge in [0.05, 0.1) is 11.5 Å². The lowest BCUT2D eigenvalue weighted by molar-refractivity contribution is -0.183. The van der Waals surface area contributed by atoms with Crippen LogP contribution in [-0.2, 0) is 0 Å². The molecule has 0 aliphatic heterocycles. The molecule has 0 aromatic carbocycles. The highest BCUT2D eigenvalue weighted by Gasteiger charge is 2.42. The monoisotopic (exact) mass is 285 g/mol. The Balaban J connectivity index is 2.39. The van der Waals surface area contributed by atoms with Crippen molar-refractivity contribution in [3.8, 4) is 0 Å². The van der Waals surface area contributed by atoms with Gasteiger partial charge < -0.3 is 10.4 Å². The maximum atomic E-state index is 12.6. The van der Waals surface area contributed by atoms with Crippen molar-refractivity contribution in [1.82, 2.24) is 5.32 Å².